The summed E-state index contributed by atoms with van der Waals surface area (Å²) in [6.07, 6.45) is 4.75. The molecule has 0 unspecified atom stereocenters. The molecule has 0 aromatic carbocycles. The third-order valence-electron chi connectivity index (χ3n) is 1.35. The SMILES string of the molecule is CCCN=C(N)Nn1cccc1. The van der Waals surface area contributed by atoms with Crippen molar-refractivity contribution in [2.24, 2.45) is 10.7 Å². The number of nitrogens with zero attached hydrogens (tertiary/aromatic N) is 2. The first-order valence-electron chi connectivity index (χ1n) is 4.03. The van der Waals surface area contributed by atoms with E-state index in [9.17, 15) is 0 Å². The first-order chi connectivity index (χ1) is 5.83. The van der Waals surface area contributed by atoms with Crippen LogP contribution in [0.5, 0.6) is 0 Å². The van der Waals surface area contributed by atoms with Crippen LogP contribution in [0.1, 0.15) is 13.3 Å². The van der Waals surface area contributed by atoms with Crippen molar-refractivity contribution in [2.75, 3.05) is 12.0 Å². The molecular formula is C8H14N4. The van der Waals surface area contributed by atoms with Gasteiger partial charge in [0.15, 0.2) is 0 Å². The predicted molar refractivity (Wildman–Crippen MR) is 50.6 cm³/mol. The average Bonchev–Trinajstić information content (AvgIpc) is 2.53. The Kier molecular flexibility index (Phi) is 3.19. The van der Waals surface area contributed by atoms with Gasteiger partial charge < -0.3 is 5.73 Å². The van der Waals surface area contributed by atoms with E-state index in [1.165, 1.54) is 0 Å². The zero-order valence-electron chi connectivity index (χ0n) is 7.20. The molecule has 0 aliphatic heterocycles. The van der Waals surface area contributed by atoms with Gasteiger partial charge in [-0.15, -0.1) is 0 Å². The Morgan fingerprint density at radius 1 is 1.50 bits per heavy atom. The van der Waals surface area contributed by atoms with E-state index >= 15 is 0 Å². The summed E-state index contributed by atoms with van der Waals surface area (Å²) >= 11 is 0. The lowest BCUT2D eigenvalue weighted by molar-refractivity contribution is 0.912. The van der Waals surface area contributed by atoms with Gasteiger partial charge in [-0.1, -0.05) is 6.92 Å². The molecule has 0 saturated carbocycles. The summed E-state index contributed by atoms with van der Waals surface area (Å²) < 4.78 is 1.76. The molecule has 0 radical (unpaired) electrons. The Balaban J connectivity index is 2.41. The van der Waals surface area contributed by atoms with Crippen LogP contribution in [0.4, 0.5) is 0 Å². The largest absolute Gasteiger partial charge is 0.369 e. The van der Waals surface area contributed by atoms with Crippen molar-refractivity contribution < 1.29 is 0 Å². The zero-order chi connectivity index (χ0) is 8.81. The van der Waals surface area contributed by atoms with Crippen molar-refractivity contribution in [3.05, 3.63) is 24.5 Å². The minimum absolute atomic E-state index is 0.452. The quantitative estimate of drug-likeness (QED) is 0.514. The van der Waals surface area contributed by atoms with Crippen molar-refractivity contribution >= 4 is 5.96 Å². The molecule has 66 valence electrons. The molecule has 0 spiro atoms. The molecule has 4 heteroatoms. The van der Waals surface area contributed by atoms with Gasteiger partial charge in [0, 0.05) is 18.9 Å². The molecule has 0 aliphatic carbocycles. The van der Waals surface area contributed by atoms with E-state index < -0.39 is 0 Å². The highest BCUT2D eigenvalue weighted by Gasteiger charge is 1.89. The number of nitrogens with two attached hydrogens (primary N) is 1. The summed E-state index contributed by atoms with van der Waals surface area (Å²) in [7, 11) is 0. The predicted octanol–water partition coefficient (Wildman–Crippen LogP) is 0.756. The third-order valence-corrected chi connectivity index (χ3v) is 1.35. The fourth-order valence-electron chi connectivity index (χ4n) is 0.809. The zero-order valence-corrected chi connectivity index (χ0v) is 7.20. The van der Waals surface area contributed by atoms with Crippen molar-refractivity contribution in [3.63, 3.8) is 0 Å². The fourth-order valence-corrected chi connectivity index (χ4v) is 0.809. The normalized spacial score (nSPS) is 11.6. The number of aromatic nitrogens is 1. The van der Waals surface area contributed by atoms with Gasteiger partial charge in [0.05, 0.1) is 0 Å². The molecule has 0 atom stereocenters. The van der Waals surface area contributed by atoms with Gasteiger partial charge in [-0.05, 0) is 18.6 Å². The highest BCUT2D eigenvalue weighted by molar-refractivity contribution is 5.85. The summed E-state index contributed by atoms with van der Waals surface area (Å²) in [4.78, 5) is 4.08. The first kappa shape index (κ1) is 8.64. The molecule has 0 aliphatic rings. The highest BCUT2D eigenvalue weighted by Crippen LogP contribution is 1.84. The second-order valence-electron chi connectivity index (χ2n) is 2.47. The van der Waals surface area contributed by atoms with E-state index in [0.29, 0.717) is 5.96 Å². The van der Waals surface area contributed by atoms with E-state index in [0.717, 1.165) is 13.0 Å². The maximum atomic E-state index is 5.57. The summed E-state index contributed by atoms with van der Waals surface area (Å²) in [5.74, 6) is 0.452. The maximum Gasteiger partial charge on any atom is 0.208 e. The summed E-state index contributed by atoms with van der Waals surface area (Å²) in [5, 5.41) is 0. The number of hydrogen-bond acceptors (Lipinski definition) is 1. The number of guanidine groups is 1. The molecule has 0 saturated heterocycles. The van der Waals surface area contributed by atoms with E-state index in [2.05, 4.69) is 17.3 Å². The van der Waals surface area contributed by atoms with Crippen LogP contribution in [0.15, 0.2) is 29.5 Å². The van der Waals surface area contributed by atoms with Gasteiger partial charge in [-0.25, -0.2) is 0 Å². The van der Waals surface area contributed by atoms with Crippen LogP contribution < -0.4 is 11.2 Å². The van der Waals surface area contributed by atoms with Crippen LogP contribution in [0, 0.1) is 0 Å². The van der Waals surface area contributed by atoms with E-state index in [1.54, 1.807) is 4.68 Å². The van der Waals surface area contributed by atoms with Crippen LogP contribution in [0.3, 0.4) is 0 Å². The first-order valence-corrected chi connectivity index (χ1v) is 4.03. The fraction of sp³-hybridized carbons (Fsp3) is 0.375. The molecule has 4 nitrogen and oxygen atoms in total. The Bertz CT molecular complexity index is 238. The third kappa shape index (κ3) is 2.65. The Morgan fingerprint density at radius 3 is 2.75 bits per heavy atom. The summed E-state index contributed by atoms with van der Waals surface area (Å²) in [6, 6.07) is 3.83. The lowest BCUT2D eigenvalue weighted by Crippen LogP contribution is -2.29. The van der Waals surface area contributed by atoms with Gasteiger partial charge in [-0.2, -0.15) is 0 Å². The molecule has 1 aromatic heterocycles. The van der Waals surface area contributed by atoms with Crippen LogP contribution >= 0.6 is 0 Å². The van der Waals surface area contributed by atoms with Crippen molar-refractivity contribution in [1.29, 1.82) is 0 Å². The summed E-state index contributed by atoms with van der Waals surface area (Å²) in [6.45, 7) is 2.83. The summed E-state index contributed by atoms with van der Waals surface area (Å²) in [5.41, 5.74) is 8.47. The Morgan fingerprint density at radius 2 is 2.17 bits per heavy atom. The highest BCUT2D eigenvalue weighted by atomic mass is 15.4. The number of nitrogens with one attached hydrogen (secondary N) is 1. The molecule has 0 amide bonds. The van der Waals surface area contributed by atoms with Crippen molar-refractivity contribution in [1.82, 2.24) is 4.68 Å². The molecule has 1 aromatic rings. The van der Waals surface area contributed by atoms with Crippen LogP contribution in [0.2, 0.25) is 0 Å². The van der Waals surface area contributed by atoms with Crippen LogP contribution in [0.25, 0.3) is 0 Å². The van der Waals surface area contributed by atoms with Gasteiger partial charge in [0.2, 0.25) is 5.96 Å². The Labute approximate surface area is 72.1 Å². The second-order valence-corrected chi connectivity index (χ2v) is 2.47. The van der Waals surface area contributed by atoms with E-state index in [-0.39, 0.29) is 0 Å². The van der Waals surface area contributed by atoms with Crippen molar-refractivity contribution in [3.8, 4) is 0 Å². The molecule has 12 heavy (non-hydrogen) atoms. The topological polar surface area (TPSA) is 55.3 Å². The molecule has 1 rings (SSSR count). The smallest absolute Gasteiger partial charge is 0.208 e. The van der Waals surface area contributed by atoms with Crippen molar-refractivity contribution in [2.45, 2.75) is 13.3 Å². The maximum absolute atomic E-state index is 5.57. The minimum Gasteiger partial charge on any atom is -0.369 e. The van der Waals surface area contributed by atoms with E-state index in [4.69, 9.17) is 5.73 Å². The molecule has 1 heterocycles. The lowest BCUT2D eigenvalue weighted by Gasteiger charge is -2.05. The Hall–Kier alpha value is -1.45. The number of hydrogen-bond donors (Lipinski definition) is 2. The van der Waals surface area contributed by atoms with Gasteiger partial charge in [0.1, 0.15) is 0 Å². The minimum atomic E-state index is 0.452. The molecular weight excluding hydrogens is 152 g/mol. The van der Waals surface area contributed by atoms with Crippen LogP contribution in [-0.4, -0.2) is 17.2 Å². The molecule has 0 bridgehead atoms. The van der Waals surface area contributed by atoms with Gasteiger partial charge >= 0.3 is 0 Å². The van der Waals surface area contributed by atoms with E-state index in [1.807, 2.05) is 24.5 Å². The van der Waals surface area contributed by atoms with Gasteiger partial charge in [-0.3, -0.25) is 15.1 Å². The lowest BCUT2D eigenvalue weighted by atomic mass is 10.5. The van der Waals surface area contributed by atoms with Crippen LogP contribution in [-0.2, 0) is 0 Å². The van der Waals surface area contributed by atoms with Gasteiger partial charge in [0.25, 0.3) is 0 Å². The molecule has 0 fully saturated rings. The standard InChI is InChI=1S/C8H14N4/c1-2-5-10-8(9)11-12-6-3-4-7-12/h3-4,6-7H,2,5H2,1H3,(H3,9,10,11). The monoisotopic (exact) mass is 166 g/mol. The average molecular weight is 166 g/mol. The number of aliphatic imine (C=N–C) groups is 1. The molecule has 3 N–H and O–H groups in total. The second kappa shape index (κ2) is 4.43. The number of rotatable bonds is 3.